The van der Waals surface area contributed by atoms with Crippen LogP contribution < -0.4 is 10.6 Å². The fraction of sp³-hybridized carbons (Fsp3) is 0.217. The van der Waals surface area contributed by atoms with Crippen molar-refractivity contribution in [3.63, 3.8) is 0 Å². The Kier molecular flexibility index (Phi) is 7.89. The van der Waals surface area contributed by atoms with Crippen molar-refractivity contribution < 1.29 is 19.1 Å². The number of rotatable bonds is 7. The highest BCUT2D eigenvalue weighted by Crippen LogP contribution is 2.16. The third kappa shape index (κ3) is 6.31. The molecule has 2 aromatic carbocycles. The summed E-state index contributed by atoms with van der Waals surface area (Å²) < 4.78 is 4.94. The van der Waals surface area contributed by atoms with Crippen molar-refractivity contribution in [2.75, 3.05) is 19.0 Å². The summed E-state index contributed by atoms with van der Waals surface area (Å²) in [5.74, 6) is -1.39. The molecular formula is C23H23N3O4. The first kappa shape index (κ1) is 22.4. The number of nitriles is 1. The topological polar surface area (TPSA) is 108 Å². The third-order valence-corrected chi connectivity index (χ3v) is 4.22. The predicted molar refractivity (Wildman–Crippen MR) is 114 cm³/mol. The molecule has 0 saturated carbocycles. The van der Waals surface area contributed by atoms with Gasteiger partial charge in [-0.3, -0.25) is 9.59 Å². The lowest BCUT2D eigenvalue weighted by Gasteiger charge is -2.08. The number of ether oxygens (including phenoxy) is 1. The van der Waals surface area contributed by atoms with E-state index < -0.39 is 18.5 Å². The molecule has 0 atom stereocenters. The molecule has 30 heavy (non-hydrogen) atoms. The van der Waals surface area contributed by atoms with E-state index in [-0.39, 0.29) is 11.5 Å². The predicted octanol–water partition coefficient (Wildman–Crippen LogP) is 3.26. The molecule has 0 unspecified atom stereocenters. The zero-order valence-corrected chi connectivity index (χ0v) is 17.1. The van der Waals surface area contributed by atoms with E-state index in [9.17, 15) is 19.6 Å². The molecule has 2 rings (SSSR count). The zero-order chi connectivity index (χ0) is 22.1. The Balaban J connectivity index is 1.97. The molecule has 2 N–H and O–H groups in total. The smallest absolute Gasteiger partial charge is 0.349 e. The van der Waals surface area contributed by atoms with Gasteiger partial charge in [0.2, 0.25) is 0 Å². The second kappa shape index (κ2) is 10.6. The monoisotopic (exact) mass is 405 g/mol. The first-order valence-electron chi connectivity index (χ1n) is 9.35. The SMILES string of the molecule is CNC(=O)c1cccc(NC(=O)COC(=O)/C(C#N)=C/c2ccc(C(C)C)cc2)c1. The van der Waals surface area contributed by atoms with Gasteiger partial charge in [0.25, 0.3) is 11.8 Å². The molecule has 0 fully saturated rings. The quantitative estimate of drug-likeness (QED) is 0.418. The molecule has 0 aliphatic carbocycles. The van der Waals surface area contributed by atoms with Gasteiger partial charge in [-0.2, -0.15) is 5.26 Å². The number of hydrogen-bond acceptors (Lipinski definition) is 5. The van der Waals surface area contributed by atoms with Gasteiger partial charge in [-0.15, -0.1) is 0 Å². The van der Waals surface area contributed by atoms with E-state index in [0.29, 0.717) is 22.7 Å². The molecule has 0 aliphatic heterocycles. The minimum atomic E-state index is -0.889. The standard InChI is InChI=1S/C23H23N3O4/c1-15(2)17-9-7-16(8-10-17)11-19(13-24)23(29)30-14-21(27)26-20-6-4-5-18(12-20)22(28)25-3/h4-12,15H,14H2,1-3H3,(H,25,28)(H,26,27)/b19-11+. The Hall–Kier alpha value is -3.92. The fourth-order valence-electron chi connectivity index (χ4n) is 2.57. The van der Waals surface area contributed by atoms with Crippen molar-refractivity contribution >= 4 is 29.5 Å². The van der Waals surface area contributed by atoms with Gasteiger partial charge >= 0.3 is 5.97 Å². The lowest BCUT2D eigenvalue weighted by molar-refractivity contribution is -0.142. The molecule has 0 aromatic heterocycles. The van der Waals surface area contributed by atoms with Crippen molar-refractivity contribution in [3.8, 4) is 6.07 Å². The number of esters is 1. The molecule has 0 saturated heterocycles. The van der Waals surface area contributed by atoms with E-state index in [1.807, 2.05) is 24.3 Å². The first-order valence-corrected chi connectivity index (χ1v) is 9.35. The van der Waals surface area contributed by atoms with Crippen LogP contribution in [0.4, 0.5) is 5.69 Å². The van der Waals surface area contributed by atoms with Crippen LogP contribution in [0.25, 0.3) is 6.08 Å². The molecule has 2 aromatic rings. The second-order valence-electron chi connectivity index (χ2n) is 6.78. The van der Waals surface area contributed by atoms with Crippen LogP contribution in [0.5, 0.6) is 0 Å². The average molecular weight is 405 g/mol. The number of benzene rings is 2. The number of anilines is 1. The highest BCUT2D eigenvalue weighted by molar-refractivity contribution is 6.00. The molecule has 154 valence electrons. The van der Waals surface area contributed by atoms with Gasteiger partial charge in [0.05, 0.1) is 0 Å². The number of carbonyl (C=O) groups excluding carboxylic acids is 3. The van der Waals surface area contributed by atoms with E-state index in [1.54, 1.807) is 24.3 Å². The summed E-state index contributed by atoms with van der Waals surface area (Å²) in [6.45, 7) is 3.58. The molecule has 0 bridgehead atoms. The van der Waals surface area contributed by atoms with E-state index in [0.717, 1.165) is 5.56 Å². The second-order valence-corrected chi connectivity index (χ2v) is 6.78. The van der Waals surface area contributed by atoms with Crippen molar-refractivity contribution in [1.82, 2.24) is 5.32 Å². The maximum Gasteiger partial charge on any atom is 0.349 e. The summed E-state index contributed by atoms with van der Waals surface area (Å²) in [7, 11) is 1.51. The summed E-state index contributed by atoms with van der Waals surface area (Å²) >= 11 is 0. The molecule has 0 heterocycles. The Morgan fingerprint density at radius 1 is 1.13 bits per heavy atom. The Labute approximate surface area is 175 Å². The van der Waals surface area contributed by atoms with E-state index in [1.165, 1.54) is 19.2 Å². The summed E-state index contributed by atoms with van der Waals surface area (Å²) in [6, 6.07) is 15.6. The highest BCUT2D eigenvalue weighted by atomic mass is 16.5. The Morgan fingerprint density at radius 2 is 1.83 bits per heavy atom. The van der Waals surface area contributed by atoms with Crippen LogP contribution in [0.1, 0.15) is 41.3 Å². The summed E-state index contributed by atoms with van der Waals surface area (Å²) in [6.07, 6.45) is 1.41. The first-order chi connectivity index (χ1) is 14.3. The number of amides is 2. The highest BCUT2D eigenvalue weighted by Gasteiger charge is 2.14. The van der Waals surface area contributed by atoms with E-state index >= 15 is 0 Å². The Morgan fingerprint density at radius 3 is 2.43 bits per heavy atom. The lowest BCUT2D eigenvalue weighted by atomic mass is 10.0. The number of nitrogens with one attached hydrogen (secondary N) is 2. The normalized spacial score (nSPS) is 10.8. The molecule has 7 nitrogen and oxygen atoms in total. The molecule has 0 aliphatic rings. The van der Waals surface area contributed by atoms with Crippen LogP contribution in [0.2, 0.25) is 0 Å². The van der Waals surface area contributed by atoms with Gasteiger partial charge in [0, 0.05) is 18.3 Å². The number of hydrogen-bond donors (Lipinski definition) is 2. The van der Waals surface area contributed by atoms with Crippen molar-refractivity contribution in [2.24, 2.45) is 0 Å². The van der Waals surface area contributed by atoms with Gasteiger partial charge in [-0.05, 0) is 41.3 Å². The van der Waals surface area contributed by atoms with Gasteiger partial charge in [-0.25, -0.2) is 4.79 Å². The molecule has 7 heteroatoms. The van der Waals surface area contributed by atoms with Crippen LogP contribution in [0.15, 0.2) is 54.1 Å². The number of carbonyl (C=O) groups is 3. The van der Waals surface area contributed by atoms with Gasteiger partial charge in [0.15, 0.2) is 6.61 Å². The molecular weight excluding hydrogens is 382 g/mol. The molecule has 2 amide bonds. The largest absolute Gasteiger partial charge is 0.451 e. The van der Waals surface area contributed by atoms with Crippen molar-refractivity contribution in [1.29, 1.82) is 5.26 Å². The molecule has 0 radical (unpaired) electrons. The molecule has 0 spiro atoms. The minimum Gasteiger partial charge on any atom is -0.451 e. The maximum absolute atomic E-state index is 12.1. The van der Waals surface area contributed by atoms with Crippen molar-refractivity contribution in [3.05, 3.63) is 70.8 Å². The van der Waals surface area contributed by atoms with Crippen LogP contribution in [0, 0.1) is 11.3 Å². The summed E-state index contributed by atoms with van der Waals surface area (Å²) in [5.41, 5.74) is 2.39. The van der Waals surface area contributed by atoms with E-state index in [4.69, 9.17) is 4.74 Å². The van der Waals surface area contributed by atoms with E-state index in [2.05, 4.69) is 24.5 Å². The third-order valence-electron chi connectivity index (χ3n) is 4.22. The van der Waals surface area contributed by atoms with Crippen molar-refractivity contribution in [2.45, 2.75) is 19.8 Å². The van der Waals surface area contributed by atoms with Gasteiger partial charge in [-0.1, -0.05) is 44.2 Å². The fourth-order valence-corrected chi connectivity index (χ4v) is 2.57. The van der Waals surface area contributed by atoms with Crippen LogP contribution in [0.3, 0.4) is 0 Å². The maximum atomic E-state index is 12.1. The summed E-state index contributed by atoms with van der Waals surface area (Å²) in [4.78, 5) is 35.8. The number of nitrogens with zero attached hydrogens (tertiary/aromatic N) is 1. The summed E-state index contributed by atoms with van der Waals surface area (Å²) in [5, 5.41) is 14.3. The van der Waals surface area contributed by atoms with Crippen LogP contribution in [-0.2, 0) is 14.3 Å². The van der Waals surface area contributed by atoms with Gasteiger partial charge in [0.1, 0.15) is 11.6 Å². The van der Waals surface area contributed by atoms with Crippen LogP contribution >= 0.6 is 0 Å². The van der Waals surface area contributed by atoms with Crippen LogP contribution in [-0.4, -0.2) is 31.4 Å². The Bertz CT molecular complexity index is 1000. The zero-order valence-electron chi connectivity index (χ0n) is 17.1. The van der Waals surface area contributed by atoms with Gasteiger partial charge < -0.3 is 15.4 Å². The lowest BCUT2D eigenvalue weighted by Crippen LogP contribution is -2.22. The average Bonchev–Trinajstić information content (AvgIpc) is 2.75. The minimum absolute atomic E-state index is 0.207.